The third-order valence-electron chi connectivity index (χ3n) is 3.28. The first kappa shape index (κ1) is 15.9. The molecule has 0 unspecified atom stereocenters. The second kappa shape index (κ2) is 6.55. The number of nitrogens with one attached hydrogen (secondary N) is 2. The molecular weight excluding hydrogens is 290 g/mol. The summed E-state index contributed by atoms with van der Waals surface area (Å²) in [5.41, 5.74) is 1.03. The van der Waals surface area contributed by atoms with Crippen LogP contribution in [0.25, 0.3) is 0 Å². The number of hydrogen-bond donors (Lipinski definition) is 2. The van der Waals surface area contributed by atoms with E-state index in [1.54, 1.807) is 24.3 Å². The Morgan fingerprint density at radius 1 is 1.29 bits per heavy atom. The molecule has 1 heterocycles. The van der Waals surface area contributed by atoms with Crippen molar-refractivity contribution in [3.8, 4) is 0 Å². The molecule has 1 aliphatic heterocycles. The summed E-state index contributed by atoms with van der Waals surface area (Å²) in [7, 11) is -3.59. The van der Waals surface area contributed by atoms with Crippen LogP contribution in [-0.4, -0.2) is 44.3 Å². The number of carbonyl (C=O) groups excluding carboxylic acids is 1. The van der Waals surface area contributed by atoms with Gasteiger partial charge in [-0.05, 0) is 17.7 Å². The van der Waals surface area contributed by atoms with Gasteiger partial charge in [-0.3, -0.25) is 4.79 Å². The first-order chi connectivity index (χ1) is 9.89. The van der Waals surface area contributed by atoms with Crippen molar-refractivity contribution in [3.05, 3.63) is 29.8 Å². The molecule has 0 spiro atoms. The summed E-state index contributed by atoms with van der Waals surface area (Å²) in [6.07, 6.45) is 0. The van der Waals surface area contributed by atoms with Gasteiger partial charge in [-0.25, -0.2) is 8.42 Å². The van der Waals surface area contributed by atoms with Gasteiger partial charge in [0.05, 0.1) is 11.4 Å². The molecule has 2 N–H and O–H groups in total. The van der Waals surface area contributed by atoms with E-state index in [1.807, 2.05) is 0 Å². The van der Waals surface area contributed by atoms with Gasteiger partial charge in [-0.1, -0.05) is 26.0 Å². The van der Waals surface area contributed by atoms with Gasteiger partial charge in [-0.2, -0.15) is 4.31 Å². The van der Waals surface area contributed by atoms with Crippen LogP contribution in [0.2, 0.25) is 0 Å². The predicted molar refractivity (Wildman–Crippen MR) is 80.2 cm³/mol. The first-order valence-electron chi connectivity index (χ1n) is 6.99. The first-order valence-corrected chi connectivity index (χ1v) is 8.43. The highest BCUT2D eigenvalue weighted by molar-refractivity contribution is 7.89. The van der Waals surface area contributed by atoms with Gasteiger partial charge in [0.25, 0.3) is 0 Å². The van der Waals surface area contributed by atoms with E-state index in [-0.39, 0.29) is 17.3 Å². The molecule has 1 aromatic rings. The number of sulfonamides is 1. The molecule has 7 heteroatoms. The Hall–Kier alpha value is -1.44. The number of carbonyl (C=O) groups is 1. The van der Waals surface area contributed by atoms with E-state index in [2.05, 4.69) is 24.5 Å². The summed E-state index contributed by atoms with van der Waals surface area (Å²) in [4.78, 5) is 11.6. The summed E-state index contributed by atoms with van der Waals surface area (Å²) in [6, 6.07) is 7.16. The number of hydrogen-bond acceptors (Lipinski definition) is 4. The standard InChI is InChI=1S/C14H21N3O3S/c1-11(2)16-9-12-3-5-13(6-4-12)21(19,20)17-8-7-15-14(18)10-17/h3-6,11,16H,7-10H2,1-2H3,(H,15,18). The molecule has 0 atom stereocenters. The molecule has 1 aromatic carbocycles. The van der Waals surface area contributed by atoms with Gasteiger partial charge in [0.15, 0.2) is 0 Å². The van der Waals surface area contributed by atoms with Crippen LogP contribution in [0.1, 0.15) is 19.4 Å². The third-order valence-corrected chi connectivity index (χ3v) is 5.14. The van der Waals surface area contributed by atoms with Crippen molar-refractivity contribution in [1.82, 2.24) is 14.9 Å². The summed E-state index contributed by atoms with van der Waals surface area (Å²) in [6.45, 7) is 5.36. The van der Waals surface area contributed by atoms with E-state index in [4.69, 9.17) is 0 Å². The van der Waals surface area contributed by atoms with E-state index in [0.29, 0.717) is 25.7 Å². The van der Waals surface area contributed by atoms with Crippen molar-refractivity contribution in [2.45, 2.75) is 31.3 Å². The molecule has 0 saturated carbocycles. The number of rotatable bonds is 5. The Kier molecular flexibility index (Phi) is 4.97. The molecular formula is C14H21N3O3S. The van der Waals surface area contributed by atoms with Crippen LogP contribution in [0, 0.1) is 0 Å². The van der Waals surface area contributed by atoms with E-state index in [1.165, 1.54) is 4.31 Å². The average Bonchev–Trinajstić information content (AvgIpc) is 2.45. The lowest BCUT2D eigenvalue weighted by Gasteiger charge is -2.25. The maximum absolute atomic E-state index is 12.4. The van der Waals surface area contributed by atoms with Crippen molar-refractivity contribution in [1.29, 1.82) is 0 Å². The second-order valence-corrected chi connectivity index (χ2v) is 7.31. The minimum atomic E-state index is -3.59. The fraction of sp³-hybridized carbons (Fsp3) is 0.500. The molecule has 0 aromatic heterocycles. The molecule has 0 aliphatic carbocycles. The highest BCUT2D eigenvalue weighted by atomic mass is 32.2. The monoisotopic (exact) mass is 311 g/mol. The van der Waals surface area contributed by atoms with E-state index < -0.39 is 10.0 Å². The molecule has 0 bridgehead atoms. The Morgan fingerprint density at radius 3 is 2.52 bits per heavy atom. The zero-order valence-corrected chi connectivity index (χ0v) is 13.1. The van der Waals surface area contributed by atoms with Gasteiger partial charge in [0.1, 0.15) is 0 Å². The number of piperazine rings is 1. The van der Waals surface area contributed by atoms with Gasteiger partial charge >= 0.3 is 0 Å². The third kappa shape index (κ3) is 4.03. The molecule has 1 fully saturated rings. The van der Waals surface area contributed by atoms with Crippen LogP contribution >= 0.6 is 0 Å². The van der Waals surface area contributed by atoms with E-state index in [9.17, 15) is 13.2 Å². The van der Waals surface area contributed by atoms with Crippen LogP contribution < -0.4 is 10.6 Å². The van der Waals surface area contributed by atoms with Crippen molar-refractivity contribution < 1.29 is 13.2 Å². The molecule has 1 amide bonds. The SMILES string of the molecule is CC(C)NCc1ccc(S(=O)(=O)N2CCNC(=O)C2)cc1. The zero-order chi connectivity index (χ0) is 15.5. The Morgan fingerprint density at radius 2 is 1.95 bits per heavy atom. The average molecular weight is 311 g/mol. The number of amides is 1. The van der Waals surface area contributed by atoms with Gasteiger partial charge < -0.3 is 10.6 Å². The Bertz CT molecular complexity index is 596. The van der Waals surface area contributed by atoms with Crippen LogP contribution in [0.15, 0.2) is 29.2 Å². The van der Waals surface area contributed by atoms with Gasteiger partial charge in [-0.15, -0.1) is 0 Å². The fourth-order valence-corrected chi connectivity index (χ4v) is 3.47. The van der Waals surface area contributed by atoms with E-state index in [0.717, 1.165) is 5.56 Å². The molecule has 0 radical (unpaired) electrons. The summed E-state index contributed by atoms with van der Waals surface area (Å²) < 4.78 is 26.1. The second-order valence-electron chi connectivity index (χ2n) is 5.37. The van der Waals surface area contributed by atoms with Crippen LogP contribution in [0.3, 0.4) is 0 Å². The Labute approximate surface area is 125 Å². The normalized spacial score (nSPS) is 17.0. The van der Waals surface area contributed by atoms with Crippen molar-refractivity contribution in [2.75, 3.05) is 19.6 Å². The topological polar surface area (TPSA) is 78.5 Å². The van der Waals surface area contributed by atoms with E-state index >= 15 is 0 Å². The fourth-order valence-electron chi connectivity index (χ4n) is 2.07. The smallest absolute Gasteiger partial charge is 0.243 e. The molecule has 2 rings (SSSR count). The molecule has 6 nitrogen and oxygen atoms in total. The highest BCUT2D eigenvalue weighted by Crippen LogP contribution is 2.17. The minimum Gasteiger partial charge on any atom is -0.354 e. The molecule has 1 saturated heterocycles. The molecule has 116 valence electrons. The lowest BCUT2D eigenvalue weighted by atomic mass is 10.2. The Balaban J connectivity index is 2.11. The predicted octanol–water partition coefficient (Wildman–Crippen LogP) is 0.305. The lowest BCUT2D eigenvalue weighted by Crippen LogP contribution is -2.49. The van der Waals surface area contributed by atoms with Gasteiger partial charge in [0, 0.05) is 25.7 Å². The molecule has 21 heavy (non-hydrogen) atoms. The van der Waals surface area contributed by atoms with Crippen molar-refractivity contribution in [2.24, 2.45) is 0 Å². The maximum atomic E-state index is 12.4. The van der Waals surface area contributed by atoms with Gasteiger partial charge in [0.2, 0.25) is 15.9 Å². The van der Waals surface area contributed by atoms with Crippen LogP contribution in [0.5, 0.6) is 0 Å². The largest absolute Gasteiger partial charge is 0.354 e. The maximum Gasteiger partial charge on any atom is 0.243 e. The summed E-state index contributed by atoms with van der Waals surface area (Å²) in [5.74, 6) is -0.262. The van der Waals surface area contributed by atoms with Crippen molar-refractivity contribution >= 4 is 15.9 Å². The van der Waals surface area contributed by atoms with Crippen LogP contribution in [0.4, 0.5) is 0 Å². The highest BCUT2D eigenvalue weighted by Gasteiger charge is 2.28. The number of nitrogens with zero attached hydrogens (tertiary/aromatic N) is 1. The summed E-state index contributed by atoms with van der Waals surface area (Å²) in [5, 5.41) is 5.89. The molecule has 1 aliphatic rings. The van der Waals surface area contributed by atoms with Crippen molar-refractivity contribution in [3.63, 3.8) is 0 Å². The van der Waals surface area contributed by atoms with Crippen LogP contribution in [-0.2, 0) is 21.4 Å². The summed E-state index contributed by atoms with van der Waals surface area (Å²) >= 11 is 0. The quantitative estimate of drug-likeness (QED) is 0.820. The lowest BCUT2D eigenvalue weighted by molar-refractivity contribution is -0.122. The zero-order valence-electron chi connectivity index (χ0n) is 12.3. The number of benzene rings is 1. The minimum absolute atomic E-state index is 0.112.